The molecule has 4 atom stereocenters. The number of ether oxygens (including phenoxy) is 10. The van der Waals surface area contributed by atoms with Crippen LogP contribution in [0.5, 0.6) is 69.0 Å². The van der Waals surface area contributed by atoms with Crippen LogP contribution in [0.4, 0.5) is 0 Å². The highest BCUT2D eigenvalue weighted by Gasteiger charge is 2.43. The Labute approximate surface area is 523 Å². The van der Waals surface area contributed by atoms with Crippen LogP contribution < -0.4 is 47.4 Å². The fourth-order valence-electron chi connectivity index (χ4n) is 14.0. The van der Waals surface area contributed by atoms with Crippen LogP contribution in [-0.4, -0.2) is 37.4 Å². The number of hydrogen-bond donors (Lipinski definition) is 2. The van der Waals surface area contributed by atoms with Crippen LogP contribution in [0.1, 0.15) is 127 Å². The van der Waals surface area contributed by atoms with Gasteiger partial charge in [0.25, 0.3) is 0 Å². The molecule has 12 heteroatoms. The number of aromatic hydroxyl groups is 2. The third kappa shape index (κ3) is 11.0. The van der Waals surface area contributed by atoms with Gasteiger partial charge in [-0.3, -0.25) is 0 Å². The normalized spacial score (nSPS) is 17.1. The van der Waals surface area contributed by atoms with Crippen molar-refractivity contribution >= 4 is 0 Å². The van der Waals surface area contributed by atoms with E-state index in [1.54, 1.807) is 0 Å². The van der Waals surface area contributed by atoms with Gasteiger partial charge in [-0.2, -0.15) is 0 Å². The van der Waals surface area contributed by atoms with Crippen LogP contribution in [0.15, 0.2) is 206 Å². The molecule has 0 aromatic heterocycles. The fourth-order valence-corrected chi connectivity index (χ4v) is 14.0. The first kappa shape index (κ1) is 56.3. The first-order valence-corrected chi connectivity index (χ1v) is 31.2. The molecule has 10 aromatic rings. The van der Waals surface area contributed by atoms with Gasteiger partial charge in [0.1, 0.15) is 13.2 Å². The number of benzene rings is 10. The summed E-state index contributed by atoms with van der Waals surface area (Å²) >= 11 is 0. The van der Waals surface area contributed by atoms with Crippen LogP contribution in [0, 0.1) is 0 Å². The third-order valence-electron chi connectivity index (χ3n) is 18.4. The van der Waals surface area contributed by atoms with Crippen molar-refractivity contribution in [2.75, 3.05) is 27.2 Å². The second-order valence-corrected chi connectivity index (χ2v) is 23.7. The van der Waals surface area contributed by atoms with Gasteiger partial charge in [-0.1, -0.05) is 182 Å². The van der Waals surface area contributed by atoms with Crippen LogP contribution >= 0.6 is 0 Å². The Morgan fingerprint density at radius 2 is 0.467 bits per heavy atom. The maximum absolute atomic E-state index is 13.3. The molecule has 1 aliphatic carbocycles. The molecule has 0 spiro atoms. The van der Waals surface area contributed by atoms with E-state index in [2.05, 4.69) is 121 Å². The molecule has 12 nitrogen and oxygen atoms in total. The monoisotopic (exact) mass is 1200 g/mol. The second-order valence-electron chi connectivity index (χ2n) is 23.7. The van der Waals surface area contributed by atoms with E-state index in [9.17, 15) is 10.2 Å². The lowest BCUT2D eigenvalue weighted by Crippen LogP contribution is -2.24. The summed E-state index contributed by atoms with van der Waals surface area (Å²) in [6.45, 7) is -0.840. The van der Waals surface area contributed by atoms with Gasteiger partial charge < -0.3 is 57.6 Å². The van der Waals surface area contributed by atoms with Crippen LogP contribution in [0.25, 0.3) is 0 Å². The van der Waals surface area contributed by atoms with Gasteiger partial charge in [0, 0.05) is 68.2 Å². The molecule has 4 aliphatic heterocycles. The van der Waals surface area contributed by atoms with E-state index in [1.165, 1.54) is 0 Å². The largest absolute Gasteiger partial charge is 0.502 e. The first-order chi connectivity index (χ1) is 44.5. The van der Waals surface area contributed by atoms with E-state index in [-0.39, 0.29) is 74.9 Å². The van der Waals surface area contributed by atoms with Crippen molar-refractivity contribution < 1.29 is 57.6 Å². The second kappa shape index (κ2) is 25.1. The Morgan fingerprint density at radius 3 is 0.700 bits per heavy atom. The van der Waals surface area contributed by atoms with Crippen molar-refractivity contribution in [3.05, 3.63) is 284 Å². The van der Waals surface area contributed by atoms with Gasteiger partial charge >= 0.3 is 0 Å². The summed E-state index contributed by atoms with van der Waals surface area (Å²) in [5.41, 5.74) is 12.7. The summed E-state index contributed by atoms with van der Waals surface area (Å²) in [5.74, 6) is 1.21. The molecular formula is C78H68O12. The van der Waals surface area contributed by atoms with Gasteiger partial charge in [0.15, 0.2) is 46.0 Å². The Hall–Kier alpha value is -10.2. The number of phenols is 2. The molecule has 10 aromatic carbocycles. The number of phenolic OH excluding ortho intramolecular Hbond substituents is 2. The van der Waals surface area contributed by atoms with E-state index in [0.29, 0.717) is 85.9 Å². The molecule has 0 radical (unpaired) electrons. The minimum atomic E-state index is -0.514. The summed E-state index contributed by atoms with van der Waals surface area (Å²) in [6.07, 6.45) is 4.78. The molecule has 452 valence electrons. The lowest BCUT2D eigenvalue weighted by Gasteiger charge is -2.36. The highest BCUT2D eigenvalue weighted by molar-refractivity contribution is 5.73. The Bertz CT molecular complexity index is 3700. The molecule has 0 saturated carbocycles. The van der Waals surface area contributed by atoms with E-state index < -0.39 is 23.7 Å². The standard InChI is InChI=1S/C78H68O12/c79-67-69-59-39-60-56(36-32-50-21-9-2-10-22-50)65-42-66-58(38-34-52-25-13-4-14-26-52)62-40-61-57(37-33-51-23-11-3-12-24-51)64-41-63(55(59)35-31-49-19-7-1-8-20-49)73(87-45-83-69)77(81-43-53-27-15-5-16-28-53)74(64)88-47-85-71(61)68(80)72(62)86-48-90-76(66)78(75(65)89-46-84-70(60)67)82-44-54-29-17-6-18-30-54/h1-30,39-42,55-58,79-80H,31-38,43-48H2. The van der Waals surface area contributed by atoms with E-state index in [1.807, 2.05) is 84.9 Å². The Kier molecular flexibility index (Phi) is 15.7. The maximum atomic E-state index is 13.3. The zero-order valence-electron chi connectivity index (χ0n) is 49.8. The molecule has 0 saturated heterocycles. The molecule has 90 heavy (non-hydrogen) atoms. The average molecular weight is 1200 g/mol. The fraction of sp³-hybridized carbons (Fsp3) is 0.231. The third-order valence-corrected chi connectivity index (χ3v) is 18.4. The number of hydrogen-bond acceptors (Lipinski definition) is 12. The predicted molar refractivity (Wildman–Crippen MR) is 342 cm³/mol. The highest BCUT2D eigenvalue weighted by Crippen LogP contribution is 2.62. The van der Waals surface area contributed by atoms with Gasteiger partial charge in [-0.25, -0.2) is 0 Å². The molecular weight excluding hydrogens is 1130 g/mol. The molecule has 15 rings (SSSR count). The first-order valence-electron chi connectivity index (χ1n) is 31.2. The summed E-state index contributed by atoms with van der Waals surface area (Å²) in [4.78, 5) is 0. The molecule has 4 unspecified atom stereocenters. The Balaban J connectivity index is 1.07. The van der Waals surface area contributed by atoms with Crippen molar-refractivity contribution in [3.8, 4) is 69.0 Å². The van der Waals surface area contributed by atoms with Crippen LogP contribution in [0.3, 0.4) is 0 Å². The van der Waals surface area contributed by atoms with Gasteiger partial charge in [0.2, 0.25) is 50.2 Å². The number of aryl methyl sites for hydroxylation is 4. The van der Waals surface area contributed by atoms with Crippen LogP contribution in [-0.2, 0) is 38.9 Å². The molecule has 5 aliphatic rings. The summed E-state index contributed by atoms with van der Waals surface area (Å²) in [6, 6.07) is 70.8. The molecule has 2 N–H and O–H groups in total. The maximum Gasteiger partial charge on any atom is 0.231 e. The topological polar surface area (TPSA) is 133 Å². The molecule has 0 fully saturated rings. The van der Waals surface area contributed by atoms with Gasteiger partial charge in [-0.15, -0.1) is 0 Å². The van der Waals surface area contributed by atoms with Gasteiger partial charge in [0.05, 0.1) is 0 Å². The summed E-state index contributed by atoms with van der Waals surface area (Å²) in [7, 11) is 0. The summed E-state index contributed by atoms with van der Waals surface area (Å²) in [5, 5.41) is 26.6. The molecule has 0 amide bonds. The predicted octanol–water partition coefficient (Wildman–Crippen LogP) is 16.5. The van der Waals surface area contributed by atoms with Crippen molar-refractivity contribution in [1.82, 2.24) is 0 Å². The van der Waals surface area contributed by atoms with Crippen LogP contribution in [0.2, 0.25) is 0 Å². The smallest absolute Gasteiger partial charge is 0.231 e. The minimum absolute atomic E-state index is 0.155. The van der Waals surface area contributed by atoms with Crippen molar-refractivity contribution in [1.29, 1.82) is 0 Å². The van der Waals surface area contributed by atoms with E-state index in [4.69, 9.17) is 47.4 Å². The molecule has 4 heterocycles. The van der Waals surface area contributed by atoms with E-state index >= 15 is 0 Å². The number of rotatable bonds is 18. The van der Waals surface area contributed by atoms with Crippen molar-refractivity contribution in [2.24, 2.45) is 0 Å². The average Bonchev–Trinajstić information content (AvgIpc) is 0.763. The lowest BCUT2D eigenvalue weighted by molar-refractivity contribution is 0.0837. The van der Waals surface area contributed by atoms with E-state index in [0.717, 1.165) is 77.9 Å². The quantitative estimate of drug-likeness (QED) is 0.0847. The summed E-state index contributed by atoms with van der Waals surface area (Å²) < 4.78 is 69.5. The van der Waals surface area contributed by atoms with Crippen molar-refractivity contribution in [3.63, 3.8) is 0 Å². The minimum Gasteiger partial charge on any atom is -0.502 e. The SMILES string of the molecule is Oc1c2c3cc4c1OCOc1c(cc5c(c1OCc1ccccc1)OCOc1c(cc6c(c1O)OCOc1c(cc(c(c1OCc1ccccc1)OCO2)C3CCc1ccccc1)C6CCc1ccccc1)C5CCc1ccccc1)C4CCc1ccccc1. The highest BCUT2D eigenvalue weighted by atomic mass is 16.7. The lowest BCUT2D eigenvalue weighted by atomic mass is 9.75. The Morgan fingerprint density at radius 1 is 0.267 bits per heavy atom. The zero-order chi connectivity index (χ0) is 60.3. The van der Waals surface area contributed by atoms with Crippen molar-refractivity contribution in [2.45, 2.75) is 88.3 Å². The zero-order valence-corrected chi connectivity index (χ0v) is 49.8. The van der Waals surface area contributed by atoms with Gasteiger partial charge in [-0.05, 0) is 109 Å². The molecule has 8 bridgehead atoms.